The molecule has 0 atom stereocenters. The largest absolute Gasteiger partial charge is 0.545 e. The van der Waals surface area contributed by atoms with E-state index in [1.165, 1.54) is 31.8 Å². The second-order valence-electron chi connectivity index (χ2n) is 6.64. The van der Waals surface area contributed by atoms with E-state index < -0.39 is 5.97 Å². The molecule has 0 spiro atoms. The molecule has 0 aliphatic rings. The molecular formula is C20H29O4-. The third-order valence-electron chi connectivity index (χ3n) is 4.37. The van der Waals surface area contributed by atoms with Crippen LogP contribution in [0.3, 0.4) is 0 Å². The minimum Gasteiger partial charge on any atom is -0.545 e. The molecule has 0 heterocycles. The van der Waals surface area contributed by atoms with Gasteiger partial charge in [0.15, 0.2) is 0 Å². The molecule has 134 valence electrons. The van der Waals surface area contributed by atoms with Crippen molar-refractivity contribution in [3.05, 3.63) is 29.3 Å². The fourth-order valence-electron chi connectivity index (χ4n) is 2.78. The van der Waals surface area contributed by atoms with Crippen LogP contribution in [0.2, 0.25) is 0 Å². The summed E-state index contributed by atoms with van der Waals surface area (Å²) in [4.78, 5) is 10.7. The first kappa shape index (κ1) is 20.1. The van der Waals surface area contributed by atoms with Gasteiger partial charge in [-0.1, -0.05) is 46.5 Å². The maximum atomic E-state index is 10.7. The molecular weight excluding hydrogens is 304 g/mol. The molecule has 0 unspecified atom stereocenters. The smallest absolute Gasteiger partial charge is 0.130 e. The number of rotatable bonds is 10. The van der Waals surface area contributed by atoms with Crippen molar-refractivity contribution in [1.29, 1.82) is 0 Å². The monoisotopic (exact) mass is 333 g/mol. The average Bonchev–Trinajstić information content (AvgIpc) is 2.55. The predicted molar refractivity (Wildman–Crippen MR) is 95.4 cm³/mol. The van der Waals surface area contributed by atoms with Gasteiger partial charge in [-0.3, -0.25) is 0 Å². The Bertz CT molecular complexity index is 548. The van der Waals surface area contributed by atoms with E-state index in [0.717, 1.165) is 18.1 Å². The number of aliphatic carboxylic acids is 1. The molecule has 24 heavy (non-hydrogen) atoms. The molecule has 1 aromatic rings. The zero-order chi connectivity index (χ0) is 18.2. The summed E-state index contributed by atoms with van der Waals surface area (Å²) < 4.78 is 10.9. The van der Waals surface area contributed by atoms with Crippen molar-refractivity contribution in [3.63, 3.8) is 0 Å². The van der Waals surface area contributed by atoms with E-state index in [-0.39, 0.29) is 5.41 Å². The SMILES string of the molecule is CCCCCCC(C)(C)c1cc(OC)c(/C=C/C(=O)[O-])c(OC)c1. The zero-order valence-corrected chi connectivity index (χ0v) is 15.5. The molecule has 0 saturated carbocycles. The first-order valence-electron chi connectivity index (χ1n) is 8.51. The minimum atomic E-state index is -1.25. The highest BCUT2D eigenvalue weighted by Crippen LogP contribution is 2.38. The van der Waals surface area contributed by atoms with Crippen molar-refractivity contribution >= 4 is 12.0 Å². The lowest BCUT2D eigenvalue weighted by molar-refractivity contribution is -0.297. The Kier molecular flexibility index (Phi) is 7.83. The summed E-state index contributed by atoms with van der Waals surface area (Å²) in [6.07, 6.45) is 8.41. The number of carbonyl (C=O) groups is 1. The molecule has 0 aliphatic heterocycles. The van der Waals surface area contributed by atoms with Crippen LogP contribution in [0.15, 0.2) is 18.2 Å². The summed E-state index contributed by atoms with van der Waals surface area (Å²) in [5, 5.41) is 10.7. The van der Waals surface area contributed by atoms with Gasteiger partial charge in [0, 0.05) is 0 Å². The fourth-order valence-corrected chi connectivity index (χ4v) is 2.78. The number of carbonyl (C=O) groups excluding carboxylic acids is 1. The normalized spacial score (nSPS) is 11.7. The molecule has 1 aromatic carbocycles. The lowest BCUT2D eigenvalue weighted by Crippen LogP contribution is -2.19. The molecule has 0 amide bonds. The summed E-state index contributed by atoms with van der Waals surface area (Å²) in [7, 11) is 3.15. The topological polar surface area (TPSA) is 58.6 Å². The number of methoxy groups -OCH3 is 2. The summed E-state index contributed by atoms with van der Waals surface area (Å²) in [6, 6.07) is 3.94. The standard InChI is InChI=1S/C20H30O4/c1-6-7-8-9-12-20(2,3)15-13-17(23-4)16(10-11-19(21)22)18(14-15)24-5/h10-11,13-14H,6-9,12H2,1-5H3,(H,21,22)/p-1/b11-10+. The number of carboxylic acids is 1. The molecule has 1 rings (SSSR count). The summed E-state index contributed by atoms with van der Waals surface area (Å²) in [5.74, 6) is -0.0496. The summed E-state index contributed by atoms with van der Waals surface area (Å²) in [5.41, 5.74) is 1.72. The Morgan fingerprint density at radius 1 is 1.12 bits per heavy atom. The number of hydrogen-bond acceptors (Lipinski definition) is 4. The third-order valence-corrected chi connectivity index (χ3v) is 4.37. The second-order valence-corrected chi connectivity index (χ2v) is 6.64. The number of hydrogen-bond donors (Lipinski definition) is 0. The Hall–Kier alpha value is -1.97. The van der Waals surface area contributed by atoms with E-state index in [9.17, 15) is 9.90 Å². The first-order chi connectivity index (χ1) is 11.4. The van der Waals surface area contributed by atoms with Gasteiger partial charge in [0.1, 0.15) is 11.5 Å². The van der Waals surface area contributed by atoms with Crippen LogP contribution in [-0.2, 0) is 10.2 Å². The molecule has 0 bridgehead atoms. The van der Waals surface area contributed by atoms with Gasteiger partial charge in [0.05, 0.1) is 25.8 Å². The van der Waals surface area contributed by atoms with Crippen LogP contribution in [0, 0.1) is 0 Å². The Balaban J connectivity index is 3.14. The molecule has 0 radical (unpaired) electrons. The van der Waals surface area contributed by atoms with Gasteiger partial charge < -0.3 is 19.4 Å². The van der Waals surface area contributed by atoms with E-state index in [1.807, 2.05) is 12.1 Å². The van der Waals surface area contributed by atoms with Crippen molar-refractivity contribution in [3.8, 4) is 11.5 Å². The highest BCUT2D eigenvalue weighted by Gasteiger charge is 2.23. The molecule has 0 N–H and O–H groups in total. The maximum Gasteiger partial charge on any atom is 0.130 e. The molecule has 0 fully saturated rings. The fraction of sp³-hybridized carbons (Fsp3) is 0.550. The van der Waals surface area contributed by atoms with Crippen LogP contribution < -0.4 is 14.6 Å². The number of carboxylic acid groups (broad SMARTS) is 1. The van der Waals surface area contributed by atoms with E-state index in [4.69, 9.17) is 9.47 Å². The van der Waals surface area contributed by atoms with Crippen LogP contribution in [0.1, 0.15) is 64.0 Å². The average molecular weight is 333 g/mol. The molecule has 0 saturated heterocycles. The van der Waals surface area contributed by atoms with Crippen molar-refractivity contribution in [1.82, 2.24) is 0 Å². The minimum absolute atomic E-state index is 0.00903. The number of benzene rings is 1. The van der Waals surface area contributed by atoms with E-state index in [1.54, 1.807) is 14.2 Å². The van der Waals surface area contributed by atoms with Gasteiger partial charge in [0.25, 0.3) is 0 Å². The number of unbranched alkanes of at least 4 members (excludes halogenated alkanes) is 3. The summed E-state index contributed by atoms with van der Waals surface area (Å²) in [6.45, 7) is 6.63. The highest BCUT2D eigenvalue weighted by molar-refractivity contribution is 5.85. The van der Waals surface area contributed by atoms with E-state index in [2.05, 4.69) is 20.8 Å². The molecule has 4 nitrogen and oxygen atoms in total. The first-order valence-corrected chi connectivity index (χ1v) is 8.51. The van der Waals surface area contributed by atoms with Crippen LogP contribution in [0.5, 0.6) is 11.5 Å². The van der Waals surface area contributed by atoms with Gasteiger partial charge in [-0.2, -0.15) is 0 Å². The maximum absolute atomic E-state index is 10.7. The lowest BCUT2D eigenvalue weighted by Gasteiger charge is -2.27. The van der Waals surface area contributed by atoms with Gasteiger partial charge in [-0.15, -0.1) is 0 Å². The predicted octanol–water partition coefficient (Wildman–Crippen LogP) is 3.71. The third kappa shape index (κ3) is 5.59. The van der Waals surface area contributed by atoms with Crippen molar-refractivity contribution < 1.29 is 19.4 Å². The lowest BCUT2D eigenvalue weighted by atomic mass is 9.79. The van der Waals surface area contributed by atoms with Gasteiger partial charge in [0.2, 0.25) is 0 Å². The Morgan fingerprint density at radius 3 is 2.17 bits per heavy atom. The van der Waals surface area contributed by atoms with Crippen LogP contribution >= 0.6 is 0 Å². The van der Waals surface area contributed by atoms with Crippen molar-refractivity contribution in [2.45, 2.75) is 58.3 Å². The Labute approximate surface area is 145 Å². The zero-order valence-electron chi connectivity index (χ0n) is 15.5. The van der Waals surface area contributed by atoms with Gasteiger partial charge in [-0.05, 0) is 41.7 Å². The molecule has 4 heteroatoms. The number of ether oxygens (including phenoxy) is 2. The second kappa shape index (κ2) is 9.36. The van der Waals surface area contributed by atoms with Crippen LogP contribution in [0.4, 0.5) is 0 Å². The van der Waals surface area contributed by atoms with Gasteiger partial charge in [-0.25, -0.2) is 0 Å². The van der Waals surface area contributed by atoms with E-state index in [0.29, 0.717) is 17.1 Å². The quantitative estimate of drug-likeness (QED) is 0.484. The van der Waals surface area contributed by atoms with Crippen molar-refractivity contribution in [2.75, 3.05) is 14.2 Å². The van der Waals surface area contributed by atoms with Crippen LogP contribution in [-0.4, -0.2) is 20.2 Å². The van der Waals surface area contributed by atoms with Gasteiger partial charge >= 0.3 is 0 Å². The summed E-state index contributed by atoms with van der Waals surface area (Å²) >= 11 is 0. The van der Waals surface area contributed by atoms with Crippen molar-refractivity contribution in [2.24, 2.45) is 0 Å². The van der Waals surface area contributed by atoms with Crippen LogP contribution in [0.25, 0.3) is 6.08 Å². The Morgan fingerprint density at radius 2 is 1.71 bits per heavy atom. The molecule has 0 aliphatic carbocycles. The molecule has 0 aromatic heterocycles. The highest BCUT2D eigenvalue weighted by atomic mass is 16.5. The van der Waals surface area contributed by atoms with E-state index >= 15 is 0 Å².